The molecular weight excluding hydrogens is 348 g/mol. The summed E-state index contributed by atoms with van der Waals surface area (Å²) in [5, 5.41) is 12.4. The van der Waals surface area contributed by atoms with E-state index >= 15 is 0 Å². The van der Waals surface area contributed by atoms with Gasteiger partial charge in [-0.3, -0.25) is 4.79 Å². The van der Waals surface area contributed by atoms with Crippen LogP contribution in [0, 0.1) is 5.92 Å². The molecule has 1 atom stereocenters. The molecule has 1 aliphatic rings. The first kappa shape index (κ1) is 18.7. The van der Waals surface area contributed by atoms with Crippen LogP contribution in [0.1, 0.15) is 20.8 Å². The highest BCUT2D eigenvalue weighted by atomic mass is 32.2. The third kappa shape index (κ3) is 4.55. The number of thioether (sulfide) groups is 1. The van der Waals surface area contributed by atoms with E-state index < -0.39 is 0 Å². The van der Waals surface area contributed by atoms with Crippen molar-refractivity contribution in [2.24, 2.45) is 5.92 Å². The Morgan fingerprint density at radius 3 is 2.46 bits per heavy atom. The lowest BCUT2D eigenvalue weighted by molar-refractivity contribution is -0.130. The third-order valence-corrected chi connectivity index (χ3v) is 5.44. The molecule has 140 valence electrons. The van der Waals surface area contributed by atoms with Crippen LogP contribution in [0.5, 0.6) is 0 Å². The van der Waals surface area contributed by atoms with Crippen molar-refractivity contribution >= 4 is 23.4 Å². The van der Waals surface area contributed by atoms with Crippen molar-refractivity contribution in [3.05, 3.63) is 30.3 Å². The number of amides is 1. The van der Waals surface area contributed by atoms with E-state index in [4.69, 9.17) is 0 Å². The summed E-state index contributed by atoms with van der Waals surface area (Å²) in [5.74, 6) is 0.608. The second-order valence-electron chi connectivity index (χ2n) is 6.95. The molecule has 7 nitrogen and oxygen atoms in total. The van der Waals surface area contributed by atoms with Gasteiger partial charge >= 0.3 is 0 Å². The molecule has 1 unspecified atom stereocenters. The summed E-state index contributed by atoms with van der Waals surface area (Å²) in [4.78, 5) is 17.1. The number of rotatable bonds is 6. The molecule has 1 aliphatic heterocycles. The lowest BCUT2D eigenvalue weighted by Crippen LogP contribution is -2.50. The quantitative estimate of drug-likeness (QED) is 0.722. The number of para-hydroxylation sites is 1. The number of anilines is 1. The Labute approximate surface area is 158 Å². The van der Waals surface area contributed by atoms with E-state index in [1.54, 1.807) is 4.68 Å². The normalized spacial score (nSPS) is 16.2. The fraction of sp³-hybridized carbons (Fsp3) is 0.556. The van der Waals surface area contributed by atoms with E-state index in [0.29, 0.717) is 11.1 Å². The number of tetrazole rings is 1. The zero-order valence-electron chi connectivity index (χ0n) is 15.6. The number of carbonyl (C=O) groups excluding carboxylic acids is 1. The average molecular weight is 375 g/mol. The molecule has 1 amide bonds. The van der Waals surface area contributed by atoms with Gasteiger partial charge in [0.05, 0.1) is 5.25 Å². The first-order valence-electron chi connectivity index (χ1n) is 9.06. The summed E-state index contributed by atoms with van der Waals surface area (Å²) in [7, 11) is 0. The number of nitrogens with zero attached hydrogens (tertiary/aromatic N) is 6. The van der Waals surface area contributed by atoms with Crippen LogP contribution in [-0.4, -0.2) is 62.4 Å². The van der Waals surface area contributed by atoms with E-state index in [1.807, 2.05) is 30.0 Å². The number of hydrogen-bond donors (Lipinski definition) is 0. The van der Waals surface area contributed by atoms with Crippen LogP contribution in [0.4, 0.5) is 5.69 Å². The second-order valence-corrected chi connectivity index (χ2v) is 8.25. The molecule has 0 radical (unpaired) electrons. The smallest absolute Gasteiger partial charge is 0.236 e. The van der Waals surface area contributed by atoms with Crippen LogP contribution in [0.3, 0.4) is 0 Å². The van der Waals surface area contributed by atoms with E-state index in [0.717, 1.165) is 32.7 Å². The number of hydrogen-bond acceptors (Lipinski definition) is 6. The highest BCUT2D eigenvalue weighted by Crippen LogP contribution is 2.23. The number of aromatic nitrogens is 4. The first-order valence-corrected chi connectivity index (χ1v) is 9.94. The fourth-order valence-corrected chi connectivity index (χ4v) is 3.91. The Balaban J connectivity index is 1.54. The molecular formula is C18H26N6OS. The Morgan fingerprint density at radius 1 is 1.12 bits per heavy atom. The highest BCUT2D eigenvalue weighted by molar-refractivity contribution is 8.00. The molecule has 26 heavy (non-hydrogen) atoms. The Hall–Kier alpha value is -2.09. The fourth-order valence-electron chi connectivity index (χ4n) is 3.03. The predicted molar refractivity (Wildman–Crippen MR) is 103 cm³/mol. The van der Waals surface area contributed by atoms with Crippen molar-refractivity contribution in [2.45, 2.75) is 37.7 Å². The lowest BCUT2D eigenvalue weighted by Gasteiger charge is -2.37. The molecule has 2 heterocycles. The second kappa shape index (κ2) is 8.53. The zero-order valence-corrected chi connectivity index (χ0v) is 16.4. The van der Waals surface area contributed by atoms with Gasteiger partial charge in [0.25, 0.3) is 0 Å². The standard InChI is InChI=1S/C18H26N6OS/c1-14(2)13-24-18(19-20-21-24)26-15(3)17(25)23-11-9-22(10-12-23)16-7-5-4-6-8-16/h4-8,14-15H,9-13H2,1-3H3. The van der Waals surface area contributed by atoms with E-state index in [-0.39, 0.29) is 11.2 Å². The molecule has 0 spiro atoms. The summed E-state index contributed by atoms with van der Waals surface area (Å²) >= 11 is 1.44. The summed E-state index contributed by atoms with van der Waals surface area (Å²) < 4.78 is 1.78. The third-order valence-electron chi connectivity index (χ3n) is 4.38. The summed E-state index contributed by atoms with van der Waals surface area (Å²) in [6.07, 6.45) is 0. The minimum atomic E-state index is -0.199. The number of piperazine rings is 1. The van der Waals surface area contributed by atoms with Gasteiger partial charge in [0.15, 0.2) is 0 Å². The van der Waals surface area contributed by atoms with Crippen LogP contribution >= 0.6 is 11.8 Å². The Kier molecular flexibility index (Phi) is 6.13. The van der Waals surface area contributed by atoms with Gasteiger partial charge in [-0.1, -0.05) is 43.8 Å². The van der Waals surface area contributed by atoms with Crippen molar-refractivity contribution < 1.29 is 4.79 Å². The van der Waals surface area contributed by atoms with Crippen molar-refractivity contribution in [1.29, 1.82) is 0 Å². The van der Waals surface area contributed by atoms with Crippen LogP contribution < -0.4 is 4.90 Å². The molecule has 0 N–H and O–H groups in total. The van der Waals surface area contributed by atoms with Gasteiger partial charge in [-0.25, -0.2) is 4.68 Å². The van der Waals surface area contributed by atoms with Crippen LogP contribution in [0.15, 0.2) is 35.5 Å². The SMILES string of the molecule is CC(C)Cn1nnnc1SC(C)C(=O)N1CCN(c2ccccc2)CC1. The van der Waals surface area contributed by atoms with E-state index in [9.17, 15) is 4.79 Å². The van der Waals surface area contributed by atoms with Gasteiger partial charge in [0.1, 0.15) is 0 Å². The molecule has 0 bridgehead atoms. The Bertz CT molecular complexity index is 711. The molecule has 0 aliphatic carbocycles. The largest absolute Gasteiger partial charge is 0.368 e. The predicted octanol–water partition coefficient (Wildman–Crippen LogP) is 2.16. The minimum absolute atomic E-state index is 0.154. The summed E-state index contributed by atoms with van der Waals surface area (Å²) in [6.45, 7) is 10.1. The molecule has 1 aromatic heterocycles. The summed E-state index contributed by atoms with van der Waals surface area (Å²) in [6, 6.07) is 10.4. The average Bonchev–Trinajstić information content (AvgIpc) is 3.08. The van der Waals surface area contributed by atoms with Crippen molar-refractivity contribution in [3.8, 4) is 0 Å². The van der Waals surface area contributed by atoms with Gasteiger partial charge in [-0.2, -0.15) is 0 Å². The molecule has 1 saturated heterocycles. The van der Waals surface area contributed by atoms with Crippen LogP contribution in [-0.2, 0) is 11.3 Å². The minimum Gasteiger partial charge on any atom is -0.368 e. The number of benzene rings is 1. The van der Waals surface area contributed by atoms with Gasteiger partial charge < -0.3 is 9.80 Å². The van der Waals surface area contributed by atoms with Crippen molar-refractivity contribution in [2.75, 3.05) is 31.1 Å². The maximum Gasteiger partial charge on any atom is 0.236 e. The maximum absolute atomic E-state index is 12.8. The monoisotopic (exact) mass is 374 g/mol. The molecule has 1 aromatic carbocycles. The van der Waals surface area contributed by atoms with Crippen molar-refractivity contribution in [3.63, 3.8) is 0 Å². The van der Waals surface area contributed by atoms with Gasteiger partial charge in [0.2, 0.25) is 11.1 Å². The van der Waals surface area contributed by atoms with Gasteiger partial charge in [-0.15, -0.1) is 5.10 Å². The van der Waals surface area contributed by atoms with Crippen LogP contribution in [0.2, 0.25) is 0 Å². The topological polar surface area (TPSA) is 67.2 Å². The van der Waals surface area contributed by atoms with E-state index in [1.165, 1.54) is 17.4 Å². The Morgan fingerprint density at radius 2 is 1.81 bits per heavy atom. The highest BCUT2D eigenvalue weighted by Gasteiger charge is 2.27. The van der Waals surface area contributed by atoms with E-state index in [2.05, 4.69) is 46.4 Å². The molecule has 2 aromatic rings. The molecule has 8 heteroatoms. The molecule has 0 saturated carbocycles. The molecule has 1 fully saturated rings. The summed E-state index contributed by atoms with van der Waals surface area (Å²) in [5.41, 5.74) is 1.22. The first-order chi connectivity index (χ1) is 12.5. The van der Waals surface area contributed by atoms with Crippen molar-refractivity contribution in [1.82, 2.24) is 25.1 Å². The van der Waals surface area contributed by atoms with Gasteiger partial charge in [0, 0.05) is 38.4 Å². The number of carbonyl (C=O) groups is 1. The zero-order chi connectivity index (χ0) is 18.5. The van der Waals surface area contributed by atoms with Crippen LogP contribution in [0.25, 0.3) is 0 Å². The lowest BCUT2D eigenvalue weighted by atomic mass is 10.2. The van der Waals surface area contributed by atoms with Gasteiger partial charge in [-0.05, 0) is 35.4 Å². The molecule has 3 rings (SSSR count). The maximum atomic E-state index is 12.8.